The van der Waals surface area contributed by atoms with Crippen LogP contribution in [0.2, 0.25) is 0 Å². The smallest absolute Gasteiger partial charge is 0.191 e. The van der Waals surface area contributed by atoms with Crippen molar-refractivity contribution in [3.05, 3.63) is 0 Å². The zero-order valence-electron chi connectivity index (χ0n) is 13.4. The van der Waals surface area contributed by atoms with Crippen LogP contribution in [0.1, 0.15) is 52.4 Å². The van der Waals surface area contributed by atoms with Crippen molar-refractivity contribution >= 4 is 5.96 Å². The van der Waals surface area contributed by atoms with E-state index in [9.17, 15) is 0 Å². The van der Waals surface area contributed by atoms with Gasteiger partial charge in [0.1, 0.15) is 0 Å². The van der Waals surface area contributed by atoms with Gasteiger partial charge in [0.05, 0.1) is 0 Å². The largest absolute Gasteiger partial charge is 0.370 e. The minimum absolute atomic E-state index is 0.758. The second-order valence-corrected chi connectivity index (χ2v) is 6.64. The zero-order chi connectivity index (χ0) is 14.4. The minimum Gasteiger partial charge on any atom is -0.370 e. The van der Waals surface area contributed by atoms with Crippen LogP contribution in [0.15, 0.2) is 4.99 Å². The quantitative estimate of drug-likeness (QED) is 0.488. The second-order valence-electron chi connectivity index (χ2n) is 6.64. The number of nitrogens with zero attached hydrogens (tertiary/aromatic N) is 3. The lowest BCUT2D eigenvalue weighted by Gasteiger charge is -2.33. The lowest BCUT2D eigenvalue weighted by Crippen LogP contribution is -2.42. The van der Waals surface area contributed by atoms with E-state index in [1.807, 2.05) is 0 Å². The van der Waals surface area contributed by atoms with Crippen molar-refractivity contribution in [2.24, 2.45) is 16.6 Å². The summed E-state index contributed by atoms with van der Waals surface area (Å²) in [5.74, 6) is 1.61. The Hall–Kier alpha value is -0.770. The maximum atomic E-state index is 6.10. The molecule has 0 spiro atoms. The number of nitrogens with two attached hydrogens (primary N) is 1. The number of hydrogen-bond donors (Lipinski definition) is 1. The van der Waals surface area contributed by atoms with Crippen molar-refractivity contribution in [3.8, 4) is 0 Å². The lowest BCUT2D eigenvalue weighted by molar-refractivity contribution is 0.160. The molecule has 0 saturated carbocycles. The molecule has 4 nitrogen and oxygen atoms in total. The molecule has 2 heterocycles. The van der Waals surface area contributed by atoms with Crippen LogP contribution in [-0.2, 0) is 0 Å². The van der Waals surface area contributed by atoms with E-state index in [-0.39, 0.29) is 0 Å². The number of rotatable bonds is 4. The van der Waals surface area contributed by atoms with Crippen molar-refractivity contribution in [1.82, 2.24) is 9.80 Å². The Morgan fingerprint density at radius 2 is 1.85 bits per heavy atom. The Morgan fingerprint density at radius 1 is 1.10 bits per heavy atom. The fourth-order valence-electron chi connectivity index (χ4n) is 3.29. The summed E-state index contributed by atoms with van der Waals surface area (Å²) >= 11 is 0. The topological polar surface area (TPSA) is 44.9 Å². The summed E-state index contributed by atoms with van der Waals surface area (Å²) in [7, 11) is 0. The second kappa shape index (κ2) is 7.87. The fourth-order valence-corrected chi connectivity index (χ4v) is 3.29. The van der Waals surface area contributed by atoms with Crippen LogP contribution in [0.3, 0.4) is 0 Å². The predicted octanol–water partition coefficient (Wildman–Crippen LogP) is 2.30. The van der Waals surface area contributed by atoms with Crippen LogP contribution >= 0.6 is 0 Å². The Balaban J connectivity index is 1.65. The van der Waals surface area contributed by atoms with Gasteiger partial charge in [-0.2, -0.15) is 0 Å². The molecule has 116 valence electrons. The molecule has 1 atom stereocenters. The molecule has 0 radical (unpaired) electrons. The summed E-state index contributed by atoms with van der Waals surface area (Å²) in [6.07, 6.45) is 7.76. The first kappa shape index (κ1) is 15.6. The van der Waals surface area contributed by atoms with Crippen molar-refractivity contribution in [2.45, 2.75) is 58.4 Å². The van der Waals surface area contributed by atoms with E-state index in [1.165, 1.54) is 45.2 Å². The SMILES string of the molecule is CC1CCN(C(N)=NCCCN2CCCCC2C)CC1. The molecule has 0 aromatic carbocycles. The van der Waals surface area contributed by atoms with E-state index in [1.54, 1.807) is 0 Å². The van der Waals surface area contributed by atoms with E-state index in [2.05, 4.69) is 28.6 Å². The highest BCUT2D eigenvalue weighted by atomic mass is 15.3. The third kappa shape index (κ3) is 4.65. The maximum Gasteiger partial charge on any atom is 0.191 e. The first-order valence-electron chi connectivity index (χ1n) is 8.45. The van der Waals surface area contributed by atoms with Gasteiger partial charge in [0.15, 0.2) is 5.96 Å². The molecular weight excluding hydrogens is 248 g/mol. The molecule has 2 N–H and O–H groups in total. The average Bonchev–Trinajstić information content (AvgIpc) is 2.46. The summed E-state index contributed by atoms with van der Waals surface area (Å²) in [5, 5.41) is 0. The van der Waals surface area contributed by atoms with Crippen molar-refractivity contribution in [1.29, 1.82) is 0 Å². The van der Waals surface area contributed by atoms with Crippen LogP contribution in [0, 0.1) is 5.92 Å². The third-order valence-electron chi connectivity index (χ3n) is 4.93. The van der Waals surface area contributed by atoms with Crippen molar-refractivity contribution in [2.75, 3.05) is 32.7 Å². The number of piperidine rings is 2. The van der Waals surface area contributed by atoms with E-state index in [0.29, 0.717) is 0 Å². The molecule has 2 rings (SSSR count). The van der Waals surface area contributed by atoms with Gasteiger partial charge in [-0.3, -0.25) is 4.99 Å². The third-order valence-corrected chi connectivity index (χ3v) is 4.93. The number of guanidine groups is 1. The molecule has 2 aliphatic heterocycles. The molecule has 2 aliphatic rings. The van der Waals surface area contributed by atoms with E-state index in [0.717, 1.165) is 44.0 Å². The van der Waals surface area contributed by atoms with Gasteiger partial charge in [0.25, 0.3) is 0 Å². The van der Waals surface area contributed by atoms with Crippen LogP contribution in [0.5, 0.6) is 0 Å². The number of hydrogen-bond acceptors (Lipinski definition) is 2. The zero-order valence-corrected chi connectivity index (χ0v) is 13.4. The van der Waals surface area contributed by atoms with Gasteiger partial charge >= 0.3 is 0 Å². The van der Waals surface area contributed by atoms with Gasteiger partial charge in [-0.1, -0.05) is 13.3 Å². The normalized spacial score (nSPS) is 27.0. The molecule has 2 fully saturated rings. The Bertz CT molecular complexity index is 308. The van der Waals surface area contributed by atoms with Gasteiger partial charge in [-0.25, -0.2) is 0 Å². The monoisotopic (exact) mass is 280 g/mol. The molecule has 20 heavy (non-hydrogen) atoms. The molecule has 4 heteroatoms. The first-order chi connectivity index (χ1) is 9.66. The van der Waals surface area contributed by atoms with E-state index >= 15 is 0 Å². The van der Waals surface area contributed by atoms with Gasteiger partial charge in [0.2, 0.25) is 0 Å². The maximum absolute atomic E-state index is 6.10. The molecule has 0 bridgehead atoms. The van der Waals surface area contributed by atoms with E-state index < -0.39 is 0 Å². The summed E-state index contributed by atoms with van der Waals surface area (Å²) in [6.45, 7) is 10.2. The number of likely N-dealkylation sites (tertiary alicyclic amines) is 2. The Morgan fingerprint density at radius 3 is 2.55 bits per heavy atom. The molecule has 2 saturated heterocycles. The van der Waals surface area contributed by atoms with Crippen molar-refractivity contribution in [3.63, 3.8) is 0 Å². The van der Waals surface area contributed by atoms with Crippen LogP contribution in [0.4, 0.5) is 0 Å². The standard InChI is InChI=1S/C16H32N4/c1-14-7-12-20(13-8-14)16(17)18-9-5-11-19-10-4-3-6-15(19)2/h14-15H,3-13H2,1-2H3,(H2,17,18). The van der Waals surface area contributed by atoms with Gasteiger partial charge in [0, 0.05) is 32.2 Å². The summed E-state index contributed by atoms with van der Waals surface area (Å²) in [5.41, 5.74) is 6.10. The molecule has 0 aromatic heterocycles. The highest BCUT2D eigenvalue weighted by Gasteiger charge is 2.18. The number of aliphatic imine (C=N–C) groups is 1. The summed E-state index contributed by atoms with van der Waals surface area (Å²) in [4.78, 5) is 9.44. The fraction of sp³-hybridized carbons (Fsp3) is 0.938. The van der Waals surface area contributed by atoms with Crippen LogP contribution < -0.4 is 5.73 Å². The van der Waals surface area contributed by atoms with Crippen LogP contribution in [0.25, 0.3) is 0 Å². The Kier molecular flexibility index (Phi) is 6.14. The average molecular weight is 280 g/mol. The summed E-state index contributed by atoms with van der Waals surface area (Å²) in [6, 6.07) is 0.758. The predicted molar refractivity (Wildman–Crippen MR) is 86.0 cm³/mol. The van der Waals surface area contributed by atoms with Gasteiger partial charge in [-0.05, 0) is 51.5 Å². The molecular formula is C16H32N4. The highest BCUT2D eigenvalue weighted by molar-refractivity contribution is 5.78. The van der Waals surface area contributed by atoms with Gasteiger partial charge in [-0.15, -0.1) is 0 Å². The van der Waals surface area contributed by atoms with Gasteiger partial charge < -0.3 is 15.5 Å². The molecule has 0 aromatic rings. The molecule has 0 amide bonds. The molecule has 1 unspecified atom stereocenters. The van der Waals surface area contributed by atoms with E-state index in [4.69, 9.17) is 5.73 Å². The summed E-state index contributed by atoms with van der Waals surface area (Å²) < 4.78 is 0. The first-order valence-corrected chi connectivity index (χ1v) is 8.45. The van der Waals surface area contributed by atoms with Crippen LogP contribution in [-0.4, -0.2) is 54.5 Å². The highest BCUT2D eigenvalue weighted by Crippen LogP contribution is 2.17. The lowest BCUT2D eigenvalue weighted by atomic mass is 10.00. The molecule has 0 aliphatic carbocycles. The minimum atomic E-state index is 0.758. The van der Waals surface area contributed by atoms with Crippen molar-refractivity contribution < 1.29 is 0 Å². The Labute approximate surface area is 124 Å².